The summed E-state index contributed by atoms with van der Waals surface area (Å²) in [6.45, 7) is 5.98. The van der Waals surface area contributed by atoms with Crippen molar-refractivity contribution in [2.24, 2.45) is 0 Å². The summed E-state index contributed by atoms with van der Waals surface area (Å²) in [7, 11) is 1.66. The van der Waals surface area contributed by atoms with Gasteiger partial charge in [-0.2, -0.15) is 5.10 Å². The molecule has 2 heterocycles. The first-order chi connectivity index (χ1) is 10.6. The van der Waals surface area contributed by atoms with Crippen LogP contribution in [0.15, 0.2) is 24.3 Å². The Bertz CT molecular complexity index is 837. The minimum absolute atomic E-state index is 0.666. The molecule has 0 aliphatic heterocycles. The fourth-order valence-corrected chi connectivity index (χ4v) is 2.78. The van der Waals surface area contributed by atoms with Crippen LogP contribution in [0.2, 0.25) is 5.02 Å². The van der Waals surface area contributed by atoms with E-state index in [0.717, 1.165) is 46.0 Å². The number of aryl methyl sites for hydroxylation is 3. The van der Waals surface area contributed by atoms with Gasteiger partial charge in [0.05, 0.1) is 29.2 Å². The standard InChI is InChI=1S/C17H18ClN3O/c1-5-14-15(12-6-8-13(22-4)9-7-12)17-19-10(2)16(18)11(3)21(17)20-14/h6-9H,5H2,1-4H3. The van der Waals surface area contributed by atoms with Gasteiger partial charge in [0.25, 0.3) is 0 Å². The normalized spacial score (nSPS) is 11.1. The Morgan fingerprint density at radius 3 is 2.45 bits per heavy atom. The van der Waals surface area contributed by atoms with Crippen molar-refractivity contribution in [2.75, 3.05) is 7.11 Å². The van der Waals surface area contributed by atoms with Gasteiger partial charge in [-0.1, -0.05) is 30.7 Å². The van der Waals surface area contributed by atoms with E-state index in [0.29, 0.717) is 5.02 Å². The number of rotatable bonds is 3. The molecule has 3 aromatic rings. The van der Waals surface area contributed by atoms with E-state index in [1.54, 1.807) is 7.11 Å². The molecule has 0 atom stereocenters. The molecule has 0 fully saturated rings. The monoisotopic (exact) mass is 315 g/mol. The lowest BCUT2D eigenvalue weighted by Gasteiger charge is -2.06. The Labute approximate surface area is 134 Å². The van der Waals surface area contributed by atoms with Crippen LogP contribution in [0, 0.1) is 13.8 Å². The molecule has 22 heavy (non-hydrogen) atoms. The maximum absolute atomic E-state index is 6.31. The van der Waals surface area contributed by atoms with Gasteiger partial charge in [-0.15, -0.1) is 0 Å². The Balaban J connectivity index is 2.31. The second-order valence-electron chi connectivity index (χ2n) is 5.24. The molecule has 4 nitrogen and oxygen atoms in total. The number of hydrogen-bond acceptors (Lipinski definition) is 3. The van der Waals surface area contributed by atoms with Crippen LogP contribution in [0.3, 0.4) is 0 Å². The molecular weight excluding hydrogens is 298 g/mol. The largest absolute Gasteiger partial charge is 0.497 e. The summed E-state index contributed by atoms with van der Waals surface area (Å²) in [5.74, 6) is 0.835. The molecule has 0 bridgehead atoms. The number of methoxy groups -OCH3 is 1. The highest BCUT2D eigenvalue weighted by Gasteiger charge is 2.18. The van der Waals surface area contributed by atoms with Gasteiger partial charge < -0.3 is 4.74 Å². The van der Waals surface area contributed by atoms with Gasteiger partial charge >= 0.3 is 0 Å². The van der Waals surface area contributed by atoms with Crippen LogP contribution >= 0.6 is 11.6 Å². The van der Waals surface area contributed by atoms with Crippen LogP contribution in [0.1, 0.15) is 24.0 Å². The average Bonchev–Trinajstić information content (AvgIpc) is 2.91. The number of halogens is 1. The molecule has 0 aliphatic rings. The summed E-state index contributed by atoms with van der Waals surface area (Å²) in [5.41, 5.74) is 5.75. The van der Waals surface area contributed by atoms with E-state index in [4.69, 9.17) is 21.4 Å². The third-order valence-corrected chi connectivity index (χ3v) is 4.42. The van der Waals surface area contributed by atoms with Crippen molar-refractivity contribution >= 4 is 17.2 Å². The van der Waals surface area contributed by atoms with E-state index in [1.807, 2.05) is 42.6 Å². The molecular formula is C17H18ClN3O. The van der Waals surface area contributed by atoms with Crippen molar-refractivity contribution in [3.8, 4) is 16.9 Å². The summed E-state index contributed by atoms with van der Waals surface area (Å²) >= 11 is 6.31. The zero-order valence-electron chi connectivity index (χ0n) is 13.1. The molecule has 0 amide bonds. The van der Waals surface area contributed by atoms with E-state index in [2.05, 4.69) is 11.9 Å². The lowest BCUT2D eigenvalue weighted by molar-refractivity contribution is 0.415. The molecule has 0 N–H and O–H groups in total. The van der Waals surface area contributed by atoms with Crippen molar-refractivity contribution in [1.29, 1.82) is 0 Å². The second kappa shape index (κ2) is 5.61. The van der Waals surface area contributed by atoms with Gasteiger partial charge in [-0.05, 0) is 38.0 Å². The molecule has 0 spiro atoms. The molecule has 0 aliphatic carbocycles. The Hall–Kier alpha value is -2.07. The number of fused-ring (bicyclic) bond motifs is 1. The van der Waals surface area contributed by atoms with Crippen LogP contribution in [-0.4, -0.2) is 21.7 Å². The zero-order chi connectivity index (χ0) is 15.9. The molecule has 0 unspecified atom stereocenters. The van der Waals surface area contributed by atoms with Crippen LogP contribution in [0.5, 0.6) is 5.75 Å². The molecule has 0 saturated heterocycles. The van der Waals surface area contributed by atoms with E-state index < -0.39 is 0 Å². The van der Waals surface area contributed by atoms with Crippen LogP contribution in [0.25, 0.3) is 16.8 Å². The molecule has 3 rings (SSSR count). The molecule has 2 aromatic heterocycles. The maximum Gasteiger partial charge on any atom is 0.163 e. The highest BCUT2D eigenvalue weighted by atomic mass is 35.5. The van der Waals surface area contributed by atoms with Crippen LogP contribution < -0.4 is 4.74 Å². The Morgan fingerprint density at radius 2 is 1.86 bits per heavy atom. The lowest BCUT2D eigenvalue weighted by Crippen LogP contribution is -1.99. The third-order valence-electron chi connectivity index (χ3n) is 3.87. The molecule has 0 radical (unpaired) electrons. The minimum atomic E-state index is 0.666. The zero-order valence-corrected chi connectivity index (χ0v) is 13.9. The first-order valence-corrected chi connectivity index (χ1v) is 7.63. The predicted octanol–water partition coefficient (Wildman–Crippen LogP) is 4.24. The summed E-state index contributed by atoms with van der Waals surface area (Å²) in [5, 5.41) is 5.36. The number of benzene rings is 1. The van der Waals surface area contributed by atoms with Gasteiger partial charge in [0.1, 0.15) is 5.75 Å². The van der Waals surface area contributed by atoms with Gasteiger partial charge in [-0.3, -0.25) is 0 Å². The van der Waals surface area contributed by atoms with E-state index in [1.165, 1.54) is 0 Å². The number of ether oxygens (including phenoxy) is 1. The first kappa shape index (κ1) is 14.9. The summed E-state index contributed by atoms with van der Waals surface area (Å²) in [4.78, 5) is 4.66. The summed E-state index contributed by atoms with van der Waals surface area (Å²) in [6, 6.07) is 7.98. The van der Waals surface area contributed by atoms with Crippen LogP contribution in [0.4, 0.5) is 0 Å². The fraction of sp³-hybridized carbons (Fsp3) is 0.294. The molecule has 0 saturated carbocycles. The first-order valence-electron chi connectivity index (χ1n) is 7.25. The van der Waals surface area contributed by atoms with Gasteiger partial charge in [0.15, 0.2) is 5.65 Å². The maximum atomic E-state index is 6.31. The lowest BCUT2D eigenvalue weighted by atomic mass is 10.0. The highest BCUT2D eigenvalue weighted by molar-refractivity contribution is 6.31. The van der Waals surface area contributed by atoms with Crippen molar-refractivity contribution in [1.82, 2.24) is 14.6 Å². The third kappa shape index (κ3) is 2.24. The van der Waals surface area contributed by atoms with Gasteiger partial charge in [0, 0.05) is 5.56 Å². The number of nitrogens with zero attached hydrogens (tertiary/aromatic N) is 3. The smallest absolute Gasteiger partial charge is 0.163 e. The van der Waals surface area contributed by atoms with Gasteiger partial charge in [0.2, 0.25) is 0 Å². The fourth-order valence-electron chi connectivity index (χ4n) is 2.65. The quantitative estimate of drug-likeness (QED) is 0.726. The highest BCUT2D eigenvalue weighted by Crippen LogP contribution is 2.32. The Kier molecular flexibility index (Phi) is 3.79. The second-order valence-corrected chi connectivity index (χ2v) is 5.61. The van der Waals surface area contributed by atoms with Crippen molar-refractivity contribution in [3.63, 3.8) is 0 Å². The molecule has 5 heteroatoms. The van der Waals surface area contributed by atoms with E-state index in [9.17, 15) is 0 Å². The SMILES string of the molecule is CCc1nn2c(C)c(Cl)c(C)nc2c1-c1ccc(OC)cc1. The summed E-state index contributed by atoms with van der Waals surface area (Å²) < 4.78 is 7.07. The molecule has 1 aromatic carbocycles. The average molecular weight is 316 g/mol. The minimum Gasteiger partial charge on any atom is -0.497 e. The number of hydrogen-bond donors (Lipinski definition) is 0. The van der Waals surface area contributed by atoms with Crippen molar-refractivity contribution < 1.29 is 4.74 Å². The van der Waals surface area contributed by atoms with Crippen molar-refractivity contribution in [2.45, 2.75) is 27.2 Å². The summed E-state index contributed by atoms with van der Waals surface area (Å²) in [6.07, 6.45) is 0.834. The topological polar surface area (TPSA) is 39.4 Å². The van der Waals surface area contributed by atoms with Gasteiger partial charge in [-0.25, -0.2) is 9.50 Å². The predicted molar refractivity (Wildman–Crippen MR) is 88.8 cm³/mol. The van der Waals surface area contributed by atoms with Crippen LogP contribution in [-0.2, 0) is 6.42 Å². The molecule has 114 valence electrons. The van der Waals surface area contributed by atoms with E-state index >= 15 is 0 Å². The van der Waals surface area contributed by atoms with Crippen molar-refractivity contribution in [3.05, 3.63) is 46.4 Å². The van der Waals surface area contributed by atoms with E-state index in [-0.39, 0.29) is 0 Å². The Morgan fingerprint density at radius 1 is 1.18 bits per heavy atom. The number of aromatic nitrogens is 3.